The predicted molar refractivity (Wildman–Crippen MR) is 94.8 cm³/mol. The Morgan fingerprint density at radius 2 is 1.72 bits per heavy atom. The number of rotatable bonds is 0. The van der Waals surface area contributed by atoms with Crippen LogP contribution in [-0.4, -0.2) is 17.4 Å². The molecule has 6 atom stereocenters. The summed E-state index contributed by atoms with van der Waals surface area (Å²) in [6.45, 7) is 4.86. The zero-order valence-corrected chi connectivity index (χ0v) is 15.6. The number of hydrogen-bond acceptors (Lipinski definition) is 3. The van der Waals surface area contributed by atoms with E-state index < -0.39 is 0 Å². The van der Waals surface area contributed by atoms with E-state index >= 15 is 0 Å². The minimum absolute atomic E-state index is 0.0237. The van der Waals surface area contributed by atoms with Gasteiger partial charge in [0.1, 0.15) is 5.60 Å². The Kier molecular flexibility index (Phi) is 3.21. The molecular weight excluding hydrogens is 312 g/mol. The Labute approximate surface area is 150 Å². The number of carbonyl (C=O) groups excluding carboxylic acids is 2. The first-order chi connectivity index (χ1) is 11.9. The SMILES string of the molecule is CC12CC[C@H]3[C@@H](CCC4=CC(=O)CC[C@@]43C)[C@@H]1CC[C@@]21CCC(=O)O1. The molecule has 0 bridgehead atoms. The van der Waals surface area contributed by atoms with Crippen LogP contribution in [0.1, 0.15) is 78.1 Å². The monoisotopic (exact) mass is 342 g/mol. The molecule has 4 fully saturated rings. The lowest BCUT2D eigenvalue weighted by atomic mass is 9.46. The van der Waals surface area contributed by atoms with Crippen LogP contribution in [0.15, 0.2) is 11.6 Å². The van der Waals surface area contributed by atoms with E-state index in [0.717, 1.165) is 38.0 Å². The van der Waals surface area contributed by atoms with Gasteiger partial charge in [-0.3, -0.25) is 9.59 Å². The number of esters is 1. The fraction of sp³-hybridized carbons (Fsp3) is 0.818. The molecule has 1 unspecified atom stereocenters. The van der Waals surface area contributed by atoms with Gasteiger partial charge in [-0.25, -0.2) is 0 Å². The van der Waals surface area contributed by atoms with Crippen LogP contribution in [0.3, 0.4) is 0 Å². The molecule has 0 radical (unpaired) electrons. The molecule has 1 spiro atoms. The molecule has 1 heterocycles. The fourth-order valence-electron chi connectivity index (χ4n) is 7.85. The third-order valence-corrected chi connectivity index (χ3v) is 9.29. The van der Waals surface area contributed by atoms with Gasteiger partial charge in [0, 0.05) is 18.3 Å². The lowest BCUT2D eigenvalue weighted by Crippen LogP contribution is -2.54. The van der Waals surface area contributed by atoms with Crippen LogP contribution in [0.5, 0.6) is 0 Å². The Hall–Kier alpha value is -1.12. The summed E-state index contributed by atoms with van der Waals surface area (Å²) in [5.74, 6) is 2.51. The average molecular weight is 342 g/mol. The number of carbonyl (C=O) groups is 2. The third-order valence-electron chi connectivity index (χ3n) is 9.29. The minimum atomic E-state index is -0.167. The largest absolute Gasteiger partial charge is 0.458 e. The highest BCUT2D eigenvalue weighted by atomic mass is 16.6. The van der Waals surface area contributed by atoms with Crippen molar-refractivity contribution in [1.82, 2.24) is 0 Å². The molecule has 3 heteroatoms. The van der Waals surface area contributed by atoms with Crippen LogP contribution >= 0.6 is 0 Å². The van der Waals surface area contributed by atoms with Crippen molar-refractivity contribution in [3.05, 3.63) is 11.6 Å². The molecule has 1 saturated heterocycles. The number of ketones is 1. The highest BCUT2D eigenvalue weighted by Crippen LogP contribution is 2.69. The summed E-state index contributed by atoms with van der Waals surface area (Å²) in [6, 6.07) is 0. The van der Waals surface area contributed by atoms with Gasteiger partial charge in [0.05, 0.1) is 0 Å². The van der Waals surface area contributed by atoms with Gasteiger partial charge >= 0.3 is 5.97 Å². The maximum atomic E-state index is 11.9. The van der Waals surface area contributed by atoms with Crippen molar-refractivity contribution in [2.45, 2.75) is 83.7 Å². The van der Waals surface area contributed by atoms with E-state index in [0.29, 0.717) is 24.0 Å². The van der Waals surface area contributed by atoms with Crippen LogP contribution < -0.4 is 0 Å². The van der Waals surface area contributed by atoms with E-state index in [1.54, 1.807) is 0 Å². The molecule has 136 valence electrons. The van der Waals surface area contributed by atoms with E-state index in [1.807, 2.05) is 6.08 Å². The van der Waals surface area contributed by atoms with E-state index in [2.05, 4.69) is 13.8 Å². The quantitative estimate of drug-likeness (QED) is 0.605. The summed E-state index contributed by atoms with van der Waals surface area (Å²) < 4.78 is 6.01. The molecular formula is C22H30O3. The van der Waals surface area contributed by atoms with Crippen LogP contribution in [-0.2, 0) is 14.3 Å². The van der Waals surface area contributed by atoms with Gasteiger partial charge in [0.25, 0.3) is 0 Å². The van der Waals surface area contributed by atoms with Crippen molar-refractivity contribution in [2.24, 2.45) is 28.6 Å². The Morgan fingerprint density at radius 3 is 2.48 bits per heavy atom. The predicted octanol–water partition coefficient (Wildman–Crippen LogP) is 4.59. The molecule has 0 aromatic heterocycles. The second-order valence-corrected chi connectivity index (χ2v) is 9.93. The zero-order chi connectivity index (χ0) is 17.4. The van der Waals surface area contributed by atoms with Crippen LogP contribution in [0.2, 0.25) is 0 Å². The first-order valence-electron chi connectivity index (χ1n) is 10.3. The molecule has 5 rings (SSSR count). The number of allylic oxidation sites excluding steroid dienone is 1. The third kappa shape index (κ3) is 1.93. The highest BCUT2D eigenvalue weighted by Gasteiger charge is 2.66. The Morgan fingerprint density at radius 1 is 0.920 bits per heavy atom. The van der Waals surface area contributed by atoms with Crippen LogP contribution in [0.25, 0.3) is 0 Å². The van der Waals surface area contributed by atoms with Crippen molar-refractivity contribution in [3.63, 3.8) is 0 Å². The van der Waals surface area contributed by atoms with Gasteiger partial charge in [0.2, 0.25) is 0 Å². The first kappa shape index (κ1) is 16.1. The molecule has 4 aliphatic carbocycles. The van der Waals surface area contributed by atoms with Crippen molar-refractivity contribution in [2.75, 3.05) is 0 Å². The van der Waals surface area contributed by atoms with Crippen molar-refractivity contribution in [3.8, 4) is 0 Å². The molecule has 25 heavy (non-hydrogen) atoms. The highest BCUT2D eigenvalue weighted by molar-refractivity contribution is 5.91. The normalized spacial score (nSPS) is 51.6. The van der Waals surface area contributed by atoms with Crippen LogP contribution in [0.4, 0.5) is 0 Å². The molecule has 3 nitrogen and oxygen atoms in total. The van der Waals surface area contributed by atoms with E-state index in [1.165, 1.54) is 31.3 Å². The van der Waals surface area contributed by atoms with Gasteiger partial charge in [-0.15, -0.1) is 0 Å². The molecule has 0 amide bonds. The Bertz CT molecular complexity index is 679. The molecule has 0 aromatic carbocycles. The molecule has 0 N–H and O–H groups in total. The van der Waals surface area contributed by atoms with Gasteiger partial charge in [-0.05, 0) is 80.6 Å². The fourth-order valence-corrected chi connectivity index (χ4v) is 7.85. The topological polar surface area (TPSA) is 43.4 Å². The molecule has 3 saturated carbocycles. The summed E-state index contributed by atoms with van der Waals surface area (Å²) in [7, 11) is 0. The van der Waals surface area contributed by atoms with Gasteiger partial charge in [0.15, 0.2) is 5.78 Å². The number of ether oxygens (including phenoxy) is 1. The molecule has 5 aliphatic rings. The lowest BCUT2D eigenvalue weighted by molar-refractivity contribution is -0.168. The smallest absolute Gasteiger partial charge is 0.306 e. The van der Waals surface area contributed by atoms with E-state index in [4.69, 9.17) is 4.74 Å². The van der Waals surface area contributed by atoms with E-state index in [-0.39, 0.29) is 22.4 Å². The van der Waals surface area contributed by atoms with Crippen molar-refractivity contribution >= 4 is 11.8 Å². The summed E-state index contributed by atoms with van der Waals surface area (Å²) in [5, 5.41) is 0. The standard InChI is InChI=1S/C22H30O3/c1-20-9-5-15(23)13-14(20)3-4-16-17(20)6-10-21(2)18(16)7-11-22(21)12-8-19(24)25-22/h13,16-18H,3-12H2,1-2H3/t16-,17+,18+,20+,21?,22-/m1/s1. The van der Waals surface area contributed by atoms with Crippen molar-refractivity contribution in [1.29, 1.82) is 0 Å². The van der Waals surface area contributed by atoms with Gasteiger partial charge in [-0.2, -0.15) is 0 Å². The summed E-state index contributed by atoms with van der Waals surface area (Å²) in [6.07, 6.45) is 12.3. The van der Waals surface area contributed by atoms with Crippen molar-refractivity contribution < 1.29 is 14.3 Å². The summed E-state index contributed by atoms with van der Waals surface area (Å²) >= 11 is 0. The minimum Gasteiger partial charge on any atom is -0.458 e. The number of fused-ring (bicyclic) bond motifs is 6. The second kappa shape index (κ2) is 4.98. The lowest BCUT2D eigenvalue weighted by Gasteiger charge is -2.59. The van der Waals surface area contributed by atoms with Gasteiger partial charge < -0.3 is 4.74 Å². The average Bonchev–Trinajstić information content (AvgIpc) is 3.10. The maximum Gasteiger partial charge on any atom is 0.306 e. The number of hydrogen-bond donors (Lipinski definition) is 0. The van der Waals surface area contributed by atoms with Gasteiger partial charge in [-0.1, -0.05) is 19.4 Å². The maximum absolute atomic E-state index is 11.9. The summed E-state index contributed by atoms with van der Waals surface area (Å²) in [4.78, 5) is 23.8. The second-order valence-electron chi connectivity index (χ2n) is 9.93. The zero-order valence-electron chi connectivity index (χ0n) is 15.6. The Balaban J connectivity index is 1.49. The molecule has 1 aliphatic heterocycles. The summed E-state index contributed by atoms with van der Waals surface area (Å²) in [5.41, 5.74) is 1.68. The van der Waals surface area contributed by atoms with E-state index in [9.17, 15) is 9.59 Å². The van der Waals surface area contributed by atoms with Crippen LogP contribution in [0, 0.1) is 28.6 Å². The molecule has 0 aromatic rings. The first-order valence-corrected chi connectivity index (χ1v) is 10.3.